The quantitative estimate of drug-likeness (QED) is 0.730. The smallest absolute Gasteiger partial charge is 0.220 e. The van der Waals surface area contributed by atoms with Gasteiger partial charge in [-0.15, -0.1) is 0 Å². The summed E-state index contributed by atoms with van der Waals surface area (Å²) >= 11 is 0. The Balaban J connectivity index is 1.71. The zero-order valence-corrected chi connectivity index (χ0v) is 13.9. The molecular weight excluding hydrogens is 296 g/mol. The van der Waals surface area contributed by atoms with Gasteiger partial charge in [0.15, 0.2) is 0 Å². The molecule has 0 aromatic carbocycles. The van der Waals surface area contributed by atoms with Crippen LogP contribution in [0.1, 0.15) is 33.1 Å². The molecule has 0 aliphatic carbocycles. The number of nitrogens with zero attached hydrogens (tertiary/aromatic N) is 3. The minimum Gasteiger partial charge on any atom is -0.379 e. The fraction of sp³-hybridized carbons (Fsp3) is 0.688. The molecule has 0 saturated carbocycles. The highest BCUT2D eigenvalue weighted by Crippen LogP contribution is 2.13. The molecule has 1 N–H and O–H groups in total. The molecule has 128 valence electrons. The van der Waals surface area contributed by atoms with Crippen molar-refractivity contribution >= 4 is 5.91 Å². The number of aromatic nitrogens is 3. The summed E-state index contributed by atoms with van der Waals surface area (Å²) in [6.07, 6.45) is 7.20. The van der Waals surface area contributed by atoms with E-state index in [1.165, 1.54) is 11.9 Å². The number of nitrogens with one attached hydrogen (secondary N) is 1. The van der Waals surface area contributed by atoms with Gasteiger partial charge in [-0.2, -0.15) is 5.10 Å². The molecule has 0 bridgehead atoms. The average molecular weight is 322 g/mol. The Kier molecular flexibility index (Phi) is 7.22. The molecule has 23 heavy (non-hydrogen) atoms. The maximum atomic E-state index is 12.1. The van der Waals surface area contributed by atoms with Gasteiger partial charge in [0.05, 0.1) is 25.4 Å². The molecule has 2 atom stereocenters. The summed E-state index contributed by atoms with van der Waals surface area (Å²) < 4.78 is 13.1. The summed E-state index contributed by atoms with van der Waals surface area (Å²) in [5.74, 6) is 0.0245. The van der Waals surface area contributed by atoms with E-state index < -0.39 is 0 Å². The van der Waals surface area contributed by atoms with Crippen molar-refractivity contribution in [3.05, 3.63) is 24.3 Å². The Morgan fingerprint density at radius 1 is 1.52 bits per heavy atom. The SMILES string of the molecule is CC(C)=CCO[C@@H]1CCOC[C@@H]1NC(=O)CCCn1cncn1. The minimum atomic E-state index is -0.0758. The molecule has 1 aromatic heterocycles. The molecule has 1 saturated heterocycles. The van der Waals surface area contributed by atoms with E-state index >= 15 is 0 Å². The number of aryl methyl sites for hydroxylation is 1. The van der Waals surface area contributed by atoms with Crippen molar-refractivity contribution in [1.29, 1.82) is 0 Å². The molecule has 2 rings (SSSR count). The molecule has 0 unspecified atom stereocenters. The van der Waals surface area contributed by atoms with Crippen molar-refractivity contribution in [2.24, 2.45) is 0 Å². The number of hydrogen-bond acceptors (Lipinski definition) is 5. The van der Waals surface area contributed by atoms with Crippen LogP contribution in [0.2, 0.25) is 0 Å². The standard InChI is InChI=1S/C16H26N4O3/c1-13(2)5-9-23-15-6-8-22-10-14(15)19-16(21)4-3-7-20-12-17-11-18-20/h5,11-12,14-15H,3-4,6-10H2,1-2H3,(H,19,21)/t14-,15+/m0/s1. The van der Waals surface area contributed by atoms with Crippen molar-refractivity contribution in [2.75, 3.05) is 19.8 Å². The fourth-order valence-electron chi connectivity index (χ4n) is 2.42. The van der Waals surface area contributed by atoms with Crippen molar-refractivity contribution in [3.63, 3.8) is 0 Å². The van der Waals surface area contributed by atoms with Gasteiger partial charge in [0, 0.05) is 19.6 Å². The van der Waals surface area contributed by atoms with Crippen LogP contribution >= 0.6 is 0 Å². The zero-order valence-electron chi connectivity index (χ0n) is 13.9. The van der Waals surface area contributed by atoms with E-state index in [0.717, 1.165) is 12.8 Å². The molecular formula is C16H26N4O3. The molecule has 1 fully saturated rings. The number of ether oxygens (including phenoxy) is 2. The van der Waals surface area contributed by atoms with Gasteiger partial charge >= 0.3 is 0 Å². The van der Waals surface area contributed by atoms with Crippen LogP contribution in [0, 0.1) is 0 Å². The van der Waals surface area contributed by atoms with Crippen molar-refractivity contribution in [3.8, 4) is 0 Å². The number of carbonyl (C=O) groups is 1. The number of allylic oxidation sites excluding steroid dienone is 1. The lowest BCUT2D eigenvalue weighted by Crippen LogP contribution is -2.50. The van der Waals surface area contributed by atoms with Gasteiger partial charge in [-0.1, -0.05) is 11.6 Å². The maximum absolute atomic E-state index is 12.1. The molecule has 0 spiro atoms. The third kappa shape index (κ3) is 6.50. The van der Waals surface area contributed by atoms with Gasteiger partial charge in [-0.05, 0) is 26.7 Å². The molecule has 1 aliphatic heterocycles. The predicted molar refractivity (Wildman–Crippen MR) is 85.8 cm³/mol. The Hall–Kier alpha value is -1.73. The monoisotopic (exact) mass is 322 g/mol. The highest BCUT2D eigenvalue weighted by molar-refractivity contribution is 5.76. The molecule has 7 heteroatoms. The van der Waals surface area contributed by atoms with Crippen LogP contribution in [0.5, 0.6) is 0 Å². The molecule has 0 radical (unpaired) electrons. The third-order valence-corrected chi connectivity index (χ3v) is 3.70. The maximum Gasteiger partial charge on any atom is 0.220 e. The van der Waals surface area contributed by atoms with Crippen LogP contribution in [0.3, 0.4) is 0 Å². The van der Waals surface area contributed by atoms with Crippen LogP contribution in [-0.4, -0.2) is 52.6 Å². The number of amides is 1. The van der Waals surface area contributed by atoms with E-state index in [1.807, 2.05) is 19.9 Å². The highest BCUT2D eigenvalue weighted by atomic mass is 16.5. The van der Waals surface area contributed by atoms with E-state index in [-0.39, 0.29) is 18.1 Å². The first kappa shape index (κ1) is 17.6. The summed E-state index contributed by atoms with van der Waals surface area (Å²) in [7, 11) is 0. The zero-order chi connectivity index (χ0) is 16.5. The summed E-state index contributed by atoms with van der Waals surface area (Å²) in [6.45, 7) is 6.54. The number of carbonyl (C=O) groups excluding carboxylic acids is 1. The van der Waals surface area contributed by atoms with Crippen LogP contribution in [0.15, 0.2) is 24.3 Å². The second-order valence-corrected chi connectivity index (χ2v) is 5.95. The average Bonchev–Trinajstić information content (AvgIpc) is 3.02. The lowest BCUT2D eigenvalue weighted by molar-refractivity contribution is -0.125. The highest BCUT2D eigenvalue weighted by Gasteiger charge is 2.27. The minimum absolute atomic E-state index is 0.0126. The normalized spacial score (nSPS) is 21.0. The predicted octanol–water partition coefficient (Wildman–Crippen LogP) is 1.31. The van der Waals surface area contributed by atoms with E-state index in [2.05, 4.69) is 15.4 Å². The van der Waals surface area contributed by atoms with Gasteiger partial charge in [0.25, 0.3) is 0 Å². The van der Waals surface area contributed by atoms with Crippen molar-refractivity contribution < 1.29 is 14.3 Å². The fourth-order valence-corrected chi connectivity index (χ4v) is 2.42. The molecule has 7 nitrogen and oxygen atoms in total. The molecule has 1 aromatic rings. The van der Waals surface area contributed by atoms with Crippen LogP contribution < -0.4 is 5.32 Å². The van der Waals surface area contributed by atoms with E-state index in [4.69, 9.17) is 9.47 Å². The largest absolute Gasteiger partial charge is 0.379 e. The van der Waals surface area contributed by atoms with E-state index in [9.17, 15) is 4.79 Å². The summed E-state index contributed by atoms with van der Waals surface area (Å²) in [6, 6.07) is -0.0758. The Morgan fingerprint density at radius 2 is 2.39 bits per heavy atom. The van der Waals surface area contributed by atoms with Gasteiger partial charge in [-0.3, -0.25) is 9.48 Å². The van der Waals surface area contributed by atoms with Crippen LogP contribution in [-0.2, 0) is 20.8 Å². The van der Waals surface area contributed by atoms with Crippen molar-refractivity contribution in [1.82, 2.24) is 20.1 Å². The van der Waals surface area contributed by atoms with E-state index in [0.29, 0.717) is 32.8 Å². The summed E-state index contributed by atoms with van der Waals surface area (Å²) in [4.78, 5) is 16.0. The molecule has 1 amide bonds. The summed E-state index contributed by atoms with van der Waals surface area (Å²) in [5.41, 5.74) is 1.23. The molecule has 2 heterocycles. The summed E-state index contributed by atoms with van der Waals surface area (Å²) in [5, 5.41) is 7.05. The van der Waals surface area contributed by atoms with Gasteiger partial charge in [-0.25, -0.2) is 4.98 Å². The van der Waals surface area contributed by atoms with Crippen LogP contribution in [0.4, 0.5) is 0 Å². The third-order valence-electron chi connectivity index (χ3n) is 3.70. The van der Waals surface area contributed by atoms with Crippen molar-refractivity contribution in [2.45, 2.75) is 51.8 Å². The first-order chi connectivity index (χ1) is 11.1. The number of hydrogen-bond donors (Lipinski definition) is 1. The first-order valence-corrected chi connectivity index (χ1v) is 8.09. The van der Waals surface area contributed by atoms with Crippen LogP contribution in [0.25, 0.3) is 0 Å². The Bertz CT molecular complexity index is 497. The second-order valence-electron chi connectivity index (χ2n) is 5.95. The van der Waals surface area contributed by atoms with Gasteiger partial charge < -0.3 is 14.8 Å². The van der Waals surface area contributed by atoms with E-state index in [1.54, 1.807) is 11.0 Å². The topological polar surface area (TPSA) is 78.3 Å². The Labute approximate surface area is 137 Å². The lowest BCUT2D eigenvalue weighted by Gasteiger charge is -2.31. The second kappa shape index (κ2) is 9.42. The number of rotatable bonds is 8. The van der Waals surface area contributed by atoms with Gasteiger partial charge in [0.2, 0.25) is 5.91 Å². The lowest BCUT2D eigenvalue weighted by atomic mass is 10.1. The van der Waals surface area contributed by atoms with Gasteiger partial charge in [0.1, 0.15) is 12.7 Å². The molecule has 1 aliphatic rings. The first-order valence-electron chi connectivity index (χ1n) is 8.09. The Morgan fingerprint density at radius 3 is 3.13 bits per heavy atom.